The maximum atomic E-state index is 5.93. The number of rotatable bonds is 3. The third-order valence-electron chi connectivity index (χ3n) is 3.53. The van der Waals surface area contributed by atoms with Crippen LogP contribution in [0.4, 0.5) is 0 Å². The Labute approximate surface area is 108 Å². The van der Waals surface area contributed by atoms with Gasteiger partial charge in [0.25, 0.3) is 5.95 Å². The van der Waals surface area contributed by atoms with E-state index in [4.69, 9.17) is 14.2 Å². The number of aliphatic imine (C=N–C) groups is 1. The average Bonchev–Trinajstić information content (AvgIpc) is 2.66. The minimum absolute atomic E-state index is 0.0359. The molecule has 2 rings (SSSR count). The Morgan fingerprint density at radius 2 is 2.17 bits per heavy atom. The fraction of sp³-hybridized carbons (Fsp3) is 0.500. The van der Waals surface area contributed by atoms with Gasteiger partial charge in [-0.2, -0.15) is 0 Å². The van der Waals surface area contributed by atoms with E-state index in [2.05, 4.69) is 11.9 Å². The third-order valence-corrected chi connectivity index (χ3v) is 3.53. The van der Waals surface area contributed by atoms with Crippen LogP contribution in [-0.4, -0.2) is 25.7 Å². The van der Waals surface area contributed by atoms with Crippen LogP contribution >= 0.6 is 0 Å². The number of methoxy groups -OCH3 is 2. The van der Waals surface area contributed by atoms with Crippen molar-refractivity contribution in [3.63, 3.8) is 0 Å². The summed E-state index contributed by atoms with van der Waals surface area (Å²) in [7, 11) is 3.25. The van der Waals surface area contributed by atoms with Gasteiger partial charge in [-0.25, -0.2) is 0 Å². The molecule has 0 N–H and O–H groups in total. The number of hydrogen-bond acceptors (Lipinski definition) is 4. The molecule has 2 atom stereocenters. The first-order valence-electron chi connectivity index (χ1n) is 6.12. The van der Waals surface area contributed by atoms with Crippen LogP contribution < -0.4 is 0 Å². The SMILES string of the molecule is CCC1(OC)OC(OC)=C2C=CC=CN=C2C1C. The standard InChI is InChI=1S/C14H19NO3/c1-5-14(17-4)10(2)12-11(13(16-3)18-14)8-6-7-9-15-12/h6-10H,5H2,1-4H3. The molecule has 2 unspecified atom stereocenters. The Kier molecular flexibility index (Phi) is 3.57. The van der Waals surface area contributed by atoms with E-state index in [1.165, 1.54) is 0 Å². The van der Waals surface area contributed by atoms with E-state index < -0.39 is 5.79 Å². The van der Waals surface area contributed by atoms with Gasteiger partial charge in [-0.05, 0) is 12.2 Å². The fourth-order valence-corrected chi connectivity index (χ4v) is 2.40. The van der Waals surface area contributed by atoms with E-state index in [-0.39, 0.29) is 5.92 Å². The Hall–Kier alpha value is -1.55. The average molecular weight is 249 g/mol. The molecule has 4 nitrogen and oxygen atoms in total. The summed E-state index contributed by atoms with van der Waals surface area (Å²) >= 11 is 0. The van der Waals surface area contributed by atoms with Crippen LogP contribution in [0.25, 0.3) is 0 Å². The van der Waals surface area contributed by atoms with Gasteiger partial charge in [0.15, 0.2) is 0 Å². The van der Waals surface area contributed by atoms with E-state index in [9.17, 15) is 0 Å². The topological polar surface area (TPSA) is 40.0 Å². The first kappa shape index (κ1) is 12.9. The van der Waals surface area contributed by atoms with Crippen LogP contribution in [0.5, 0.6) is 0 Å². The smallest absolute Gasteiger partial charge is 0.290 e. The molecular formula is C14H19NO3. The molecule has 2 heterocycles. The van der Waals surface area contributed by atoms with Gasteiger partial charge in [-0.15, -0.1) is 0 Å². The molecule has 0 spiro atoms. The van der Waals surface area contributed by atoms with E-state index in [1.54, 1.807) is 20.4 Å². The van der Waals surface area contributed by atoms with Crippen LogP contribution in [0.2, 0.25) is 0 Å². The summed E-state index contributed by atoms with van der Waals surface area (Å²) in [5.74, 6) is -0.205. The Morgan fingerprint density at radius 1 is 1.39 bits per heavy atom. The number of allylic oxidation sites excluding steroid dienone is 4. The minimum Gasteiger partial charge on any atom is -0.468 e. The number of ether oxygens (including phenoxy) is 3. The normalized spacial score (nSPS) is 30.4. The minimum atomic E-state index is -0.709. The number of nitrogens with zero attached hydrogens (tertiary/aromatic N) is 1. The lowest BCUT2D eigenvalue weighted by molar-refractivity contribution is -0.243. The van der Waals surface area contributed by atoms with Gasteiger partial charge >= 0.3 is 0 Å². The summed E-state index contributed by atoms with van der Waals surface area (Å²) in [6.45, 7) is 4.09. The lowest BCUT2D eigenvalue weighted by Gasteiger charge is -2.41. The van der Waals surface area contributed by atoms with Crippen molar-refractivity contribution in [3.8, 4) is 0 Å². The van der Waals surface area contributed by atoms with Crippen molar-refractivity contribution in [2.45, 2.75) is 26.1 Å². The molecule has 4 heteroatoms. The summed E-state index contributed by atoms with van der Waals surface area (Å²) in [5.41, 5.74) is 1.82. The number of fused-ring (bicyclic) bond motifs is 1. The molecule has 0 aromatic heterocycles. The molecule has 98 valence electrons. The van der Waals surface area contributed by atoms with Crippen LogP contribution in [-0.2, 0) is 14.2 Å². The zero-order valence-corrected chi connectivity index (χ0v) is 11.3. The van der Waals surface area contributed by atoms with Crippen molar-refractivity contribution in [1.29, 1.82) is 0 Å². The van der Waals surface area contributed by atoms with E-state index in [0.717, 1.165) is 17.7 Å². The molecule has 18 heavy (non-hydrogen) atoms. The van der Waals surface area contributed by atoms with Crippen LogP contribution in [0.15, 0.2) is 40.9 Å². The zero-order valence-electron chi connectivity index (χ0n) is 11.3. The van der Waals surface area contributed by atoms with Crippen molar-refractivity contribution >= 4 is 5.71 Å². The summed E-state index contributed by atoms with van der Waals surface area (Å²) in [6.07, 6.45) is 8.26. The first-order valence-corrected chi connectivity index (χ1v) is 6.12. The molecule has 0 aliphatic carbocycles. The highest BCUT2D eigenvalue weighted by molar-refractivity contribution is 6.06. The first-order chi connectivity index (χ1) is 8.68. The summed E-state index contributed by atoms with van der Waals surface area (Å²) < 4.78 is 16.9. The van der Waals surface area contributed by atoms with Gasteiger partial charge in [-0.1, -0.05) is 19.9 Å². The van der Waals surface area contributed by atoms with Crippen LogP contribution in [0.1, 0.15) is 20.3 Å². The highest BCUT2D eigenvalue weighted by Crippen LogP contribution is 2.39. The lowest BCUT2D eigenvalue weighted by Crippen LogP contribution is -2.48. The van der Waals surface area contributed by atoms with E-state index >= 15 is 0 Å². The van der Waals surface area contributed by atoms with E-state index in [0.29, 0.717) is 5.95 Å². The molecule has 0 saturated carbocycles. The highest BCUT2D eigenvalue weighted by Gasteiger charge is 2.46. The van der Waals surface area contributed by atoms with Crippen molar-refractivity contribution < 1.29 is 14.2 Å². The van der Waals surface area contributed by atoms with Gasteiger partial charge in [0.1, 0.15) is 0 Å². The highest BCUT2D eigenvalue weighted by atomic mass is 16.8. The van der Waals surface area contributed by atoms with Gasteiger partial charge in [0.2, 0.25) is 5.79 Å². The van der Waals surface area contributed by atoms with Gasteiger partial charge in [0, 0.05) is 19.7 Å². The molecule has 0 aromatic carbocycles. The van der Waals surface area contributed by atoms with Gasteiger partial charge in [0.05, 0.1) is 24.3 Å². The zero-order chi connectivity index (χ0) is 13.2. The second-order valence-electron chi connectivity index (χ2n) is 4.31. The summed E-state index contributed by atoms with van der Waals surface area (Å²) in [5, 5.41) is 0. The fourth-order valence-electron chi connectivity index (χ4n) is 2.40. The lowest BCUT2D eigenvalue weighted by atomic mass is 9.86. The van der Waals surface area contributed by atoms with Gasteiger partial charge in [-0.3, -0.25) is 4.99 Å². The molecule has 0 bridgehead atoms. The van der Waals surface area contributed by atoms with Crippen LogP contribution in [0.3, 0.4) is 0 Å². The molecule has 0 saturated heterocycles. The summed E-state index contributed by atoms with van der Waals surface area (Å²) in [4.78, 5) is 4.49. The monoisotopic (exact) mass is 249 g/mol. The maximum absolute atomic E-state index is 5.93. The molecule has 0 aromatic rings. The summed E-state index contributed by atoms with van der Waals surface area (Å²) in [6, 6.07) is 0. The third kappa shape index (κ3) is 1.86. The second-order valence-corrected chi connectivity index (χ2v) is 4.31. The van der Waals surface area contributed by atoms with Crippen molar-refractivity contribution in [1.82, 2.24) is 0 Å². The van der Waals surface area contributed by atoms with E-state index in [1.807, 2.05) is 25.2 Å². The molecule has 0 fully saturated rings. The predicted octanol–water partition coefficient (Wildman–Crippen LogP) is 2.79. The molecule has 0 radical (unpaired) electrons. The second kappa shape index (κ2) is 4.98. The molecule has 2 aliphatic rings. The predicted molar refractivity (Wildman–Crippen MR) is 70.0 cm³/mol. The van der Waals surface area contributed by atoms with Crippen molar-refractivity contribution in [2.75, 3.05) is 14.2 Å². The van der Waals surface area contributed by atoms with Crippen LogP contribution in [0, 0.1) is 5.92 Å². The Balaban J connectivity index is 2.56. The van der Waals surface area contributed by atoms with Crippen molar-refractivity contribution in [3.05, 3.63) is 35.9 Å². The van der Waals surface area contributed by atoms with Crippen molar-refractivity contribution in [2.24, 2.45) is 10.9 Å². The Morgan fingerprint density at radius 3 is 2.78 bits per heavy atom. The largest absolute Gasteiger partial charge is 0.468 e. The molecule has 2 aliphatic heterocycles. The van der Waals surface area contributed by atoms with Gasteiger partial charge < -0.3 is 14.2 Å². The molecular weight excluding hydrogens is 230 g/mol. The quantitative estimate of drug-likeness (QED) is 0.772. The Bertz CT molecular complexity index is 442. The maximum Gasteiger partial charge on any atom is 0.290 e. The number of hydrogen-bond donors (Lipinski definition) is 0. The molecule has 0 amide bonds.